The number of rotatable bonds is 3. The van der Waals surface area contributed by atoms with Crippen LogP contribution in [0.2, 0.25) is 0 Å². The van der Waals surface area contributed by atoms with Crippen LogP contribution >= 0.6 is 0 Å². The molecule has 0 aromatic carbocycles. The Balaban J connectivity index is 2.28. The van der Waals surface area contributed by atoms with Crippen LogP contribution < -0.4 is 16.0 Å². The molecule has 82 valence electrons. The van der Waals surface area contributed by atoms with E-state index < -0.39 is 0 Å². The zero-order valence-electron chi connectivity index (χ0n) is 8.71. The van der Waals surface area contributed by atoms with E-state index in [2.05, 4.69) is 20.4 Å². The highest BCUT2D eigenvalue weighted by atomic mass is 16.5. The Morgan fingerprint density at radius 2 is 2.25 bits per heavy atom. The number of pyridine rings is 1. The van der Waals surface area contributed by atoms with Gasteiger partial charge in [-0.3, -0.25) is 4.98 Å². The summed E-state index contributed by atoms with van der Waals surface area (Å²) in [6, 6.07) is 3.58. The number of ether oxygens (including phenoxy) is 1. The number of hydrogen-bond acceptors (Lipinski definition) is 6. The second-order valence-corrected chi connectivity index (χ2v) is 3.09. The van der Waals surface area contributed by atoms with E-state index in [9.17, 15) is 0 Å². The van der Waals surface area contributed by atoms with Crippen LogP contribution in [0.25, 0.3) is 0 Å². The number of nitrogens with zero attached hydrogens (tertiary/aromatic N) is 3. The summed E-state index contributed by atoms with van der Waals surface area (Å²) >= 11 is 0. The summed E-state index contributed by atoms with van der Waals surface area (Å²) in [5.41, 5.74) is 3.22. The normalized spacial score (nSPS) is 9.88. The Morgan fingerprint density at radius 1 is 1.38 bits per heavy atom. The molecule has 2 aromatic heterocycles. The zero-order chi connectivity index (χ0) is 11.4. The maximum absolute atomic E-state index is 5.54. The Labute approximate surface area is 92.5 Å². The Morgan fingerprint density at radius 3 is 2.94 bits per heavy atom. The summed E-state index contributed by atoms with van der Waals surface area (Å²) in [6.07, 6.45) is 4.66. The van der Waals surface area contributed by atoms with Gasteiger partial charge in [0.2, 0.25) is 5.88 Å². The third-order valence-electron chi connectivity index (χ3n) is 2.02. The molecule has 0 radical (unpaired) electrons. The molecule has 0 atom stereocenters. The van der Waals surface area contributed by atoms with Crippen molar-refractivity contribution in [1.29, 1.82) is 0 Å². The van der Waals surface area contributed by atoms with Crippen LogP contribution in [-0.4, -0.2) is 15.0 Å². The molecule has 3 N–H and O–H groups in total. The summed E-state index contributed by atoms with van der Waals surface area (Å²) in [5, 5.41) is 0. The van der Waals surface area contributed by atoms with E-state index in [1.165, 1.54) is 6.33 Å². The number of anilines is 1. The van der Waals surface area contributed by atoms with Crippen molar-refractivity contribution in [1.82, 2.24) is 15.0 Å². The number of hydrogen-bond donors (Lipinski definition) is 2. The quantitative estimate of drug-likeness (QED) is 0.594. The summed E-state index contributed by atoms with van der Waals surface area (Å²) in [6.45, 7) is 1.82. The highest BCUT2D eigenvalue weighted by Crippen LogP contribution is 2.24. The number of aromatic nitrogens is 3. The van der Waals surface area contributed by atoms with E-state index in [1.54, 1.807) is 24.5 Å². The molecule has 0 aliphatic heterocycles. The van der Waals surface area contributed by atoms with Crippen molar-refractivity contribution in [2.75, 3.05) is 5.43 Å². The van der Waals surface area contributed by atoms with Crippen LogP contribution in [0, 0.1) is 6.92 Å². The lowest BCUT2D eigenvalue weighted by Gasteiger charge is -2.09. The molecule has 6 heteroatoms. The molecule has 2 heterocycles. The standard InChI is InChI=1S/C10H11N5O/c1-7-9(15-11)13-6-14-10(7)16-8-3-2-4-12-5-8/h2-6H,11H2,1H3,(H,13,14,15). The highest BCUT2D eigenvalue weighted by Gasteiger charge is 2.07. The second-order valence-electron chi connectivity index (χ2n) is 3.09. The number of nitrogens with two attached hydrogens (primary N) is 1. The monoisotopic (exact) mass is 217 g/mol. The summed E-state index contributed by atoms with van der Waals surface area (Å²) in [5.74, 6) is 6.91. The Hall–Kier alpha value is -2.21. The van der Waals surface area contributed by atoms with E-state index >= 15 is 0 Å². The van der Waals surface area contributed by atoms with Gasteiger partial charge in [0.25, 0.3) is 0 Å². The van der Waals surface area contributed by atoms with Gasteiger partial charge in [0.1, 0.15) is 17.9 Å². The van der Waals surface area contributed by atoms with E-state index in [0.29, 0.717) is 17.4 Å². The molecule has 2 rings (SSSR count). The van der Waals surface area contributed by atoms with Crippen LogP contribution in [0.3, 0.4) is 0 Å². The minimum absolute atomic E-state index is 0.455. The molecular weight excluding hydrogens is 206 g/mol. The maximum atomic E-state index is 5.54. The highest BCUT2D eigenvalue weighted by molar-refractivity contribution is 5.47. The zero-order valence-corrected chi connectivity index (χ0v) is 8.71. The number of nitrogen functional groups attached to an aromatic ring is 1. The minimum atomic E-state index is 0.455. The molecule has 0 spiro atoms. The van der Waals surface area contributed by atoms with Crippen LogP contribution in [0.15, 0.2) is 30.9 Å². The predicted octanol–water partition coefficient (Wildman–Crippen LogP) is 1.26. The topological polar surface area (TPSA) is 86.0 Å². The Kier molecular flexibility index (Phi) is 2.93. The SMILES string of the molecule is Cc1c(NN)ncnc1Oc1cccnc1. The van der Waals surface area contributed by atoms with E-state index in [1.807, 2.05) is 6.92 Å². The molecule has 0 fully saturated rings. The second kappa shape index (κ2) is 4.54. The largest absolute Gasteiger partial charge is 0.437 e. The molecule has 0 amide bonds. The van der Waals surface area contributed by atoms with Crippen LogP contribution in [0.5, 0.6) is 11.6 Å². The van der Waals surface area contributed by atoms with E-state index in [0.717, 1.165) is 5.56 Å². The van der Waals surface area contributed by atoms with Crippen LogP contribution in [0.4, 0.5) is 5.82 Å². The lowest BCUT2D eigenvalue weighted by atomic mass is 10.3. The molecule has 0 bridgehead atoms. The van der Waals surface area contributed by atoms with Gasteiger partial charge in [0.15, 0.2) is 0 Å². The van der Waals surface area contributed by atoms with Crippen molar-refractivity contribution >= 4 is 5.82 Å². The van der Waals surface area contributed by atoms with Crippen molar-refractivity contribution in [3.8, 4) is 11.6 Å². The third kappa shape index (κ3) is 2.06. The molecule has 0 aliphatic rings. The van der Waals surface area contributed by atoms with Crippen molar-refractivity contribution < 1.29 is 4.74 Å². The Bertz CT molecular complexity index is 474. The molecule has 16 heavy (non-hydrogen) atoms. The molecule has 0 saturated carbocycles. The van der Waals surface area contributed by atoms with Crippen molar-refractivity contribution in [3.63, 3.8) is 0 Å². The lowest BCUT2D eigenvalue weighted by molar-refractivity contribution is 0.455. The van der Waals surface area contributed by atoms with Crippen LogP contribution in [-0.2, 0) is 0 Å². The van der Waals surface area contributed by atoms with Crippen molar-refractivity contribution in [3.05, 3.63) is 36.4 Å². The lowest BCUT2D eigenvalue weighted by Crippen LogP contribution is -2.11. The smallest absolute Gasteiger partial charge is 0.227 e. The van der Waals surface area contributed by atoms with Gasteiger partial charge >= 0.3 is 0 Å². The first-order valence-electron chi connectivity index (χ1n) is 4.67. The van der Waals surface area contributed by atoms with Gasteiger partial charge in [0.05, 0.1) is 11.8 Å². The van der Waals surface area contributed by atoms with Gasteiger partial charge in [-0.15, -0.1) is 0 Å². The van der Waals surface area contributed by atoms with Gasteiger partial charge in [-0.25, -0.2) is 15.8 Å². The fourth-order valence-corrected chi connectivity index (χ4v) is 1.20. The first-order chi connectivity index (χ1) is 7.81. The van der Waals surface area contributed by atoms with Gasteiger partial charge in [0, 0.05) is 6.20 Å². The average Bonchev–Trinajstić information content (AvgIpc) is 2.33. The van der Waals surface area contributed by atoms with Gasteiger partial charge < -0.3 is 10.2 Å². The molecule has 0 unspecified atom stereocenters. The molecule has 0 aliphatic carbocycles. The van der Waals surface area contributed by atoms with E-state index in [4.69, 9.17) is 10.6 Å². The third-order valence-corrected chi connectivity index (χ3v) is 2.02. The molecule has 6 nitrogen and oxygen atoms in total. The predicted molar refractivity (Wildman–Crippen MR) is 58.9 cm³/mol. The van der Waals surface area contributed by atoms with Crippen LogP contribution in [0.1, 0.15) is 5.56 Å². The van der Waals surface area contributed by atoms with E-state index in [-0.39, 0.29) is 0 Å². The fraction of sp³-hybridized carbons (Fsp3) is 0.100. The van der Waals surface area contributed by atoms with Crippen molar-refractivity contribution in [2.45, 2.75) is 6.92 Å². The molecular formula is C10H11N5O. The van der Waals surface area contributed by atoms with Gasteiger partial charge in [-0.2, -0.15) is 0 Å². The van der Waals surface area contributed by atoms with Gasteiger partial charge in [-0.05, 0) is 19.1 Å². The van der Waals surface area contributed by atoms with Crippen molar-refractivity contribution in [2.24, 2.45) is 5.84 Å². The molecule has 2 aromatic rings. The molecule has 0 saturated heterocycles. The maximum Gasteiger partial charge on any atom is 0.227 e. The number of nitrogens with one attached hydrogen (secondary N) is 1. The number of hydrazine groups is 1. The first kappa shape index (κ1) is 10.3. The average molecular weight is 217 g/mol. The van der Waals surface area contributed by atoms with Gasteiger partial charge in [-0.1, -0.05) is 0 Å². The summed E-state index contributed by atoms with van der Waals surface area (Å²) in [7, 11) is 0. The fourth-order valence-electron chi connectivity index (χ4n) is 1.20. The summed E-state index contributed by atoms with van der Waals surface area (Å²) in [4.78, 5) is 11.9. The first-order valence-corrected chi connectivity index (χ1v) is 4.67. The minimum Gasteiger partial charge on any atom is -0.437 e. The summed E-state index contributed by atoms with van der Waals surface area (Å²) < 4.78 is 5.54.